The minimum atomic E-state index is 0.527. The van der Waals surface area contributed by atoms with E-state index < -0.39 is 0 Å². The van der Waals surface area contributed by atoms with Crippen LogP contribution in [-0.4, -0.2) is 0 Å². The summed E-state index contributed by atoms with van der Waals surface area (Å²) in [4.78, 5) is 0. The molecule has 8 rings (SSSR count). The van der Waals surface area contributed by atoms with E-state index in [4.69, 9.17) is 0 Å². The molecule has 2 atom stereocenters. The van der Waals surface area contributed by atoms with Gasteiger partial charge in [-0.05, 0) is 102 Å². The van der Waals surface area contributed by atoms with Crippen molar-refractivity contribution in [2.45, 2.75) is 26.7 Å². The highest BCUT2D eigenvalue weighted by Gasteiger charge is 2.21. The van der Waals surface area contributed by atoms with Crippen molar-refractivity contribution in [3.8, 4) is 22.3 Å². The smallest absolute Gasteiger partial charge is 0.00203 e. The molecule has 0 bridgehead atoms. The summed E-state index contributed by atoms with van der Waals surface area (Å²) in [5.41, 5.74) is 13.3. The zero-order valence-electron chi connectivity index (χ0n) is 25.4. The second kappa shape index (κ2) is 11.0. The van der Waals surface area contributed by atoms with Crippen LogP contribution in [0.3, 0.4) is 0 Å². The molecule has 44 heavy (non-hydrogen) atoms. The van der Waals surface area contributed by atoms with E-state index in [2.05, 4.69) is 159 Å². The van der Waals surface area contributed by atoms with Crippen molar-refractivity contribution in [3.05, 3.63) is 162 Å². The quantitative estimate of drug-likeness (QED) is 0.187. The second-order valence-electron chi connectivity index (χ2n) is 12.6. The van der Waals surface area contributed by atoms with Crippen LogP contribution in [0.15, 0.2) is 140 Å². The SMILES string of the molecule is CC1C=C(c2ccc(-c3c4ccccc4c(-c4cccc5c4C=CC(C)C5)c4ccccc34)cc2)C(c2ccccc2)=CC1. The standard InChI is InChI=1S/C44H36/c1-29-19-26-36-34(27-29)13-10-18-37(36)44-40-16-8-6-14-38(40)43(39-15-7-9-17-41(39)44)33-23-21-32(22-24-33)42-28-30(2)20-25-35(42)31-11-4-3-5-12-31/h3-19,21-26,28-30H,20,27H2,1-2H3. The third-order valence-corrected chi connectivity index (χ3v) is 9.54. The molecule has 2 aliphatic carbocycles. The molecule has 0 fully saturated rings. The molecular formula is C44H36. The Balaban J connectivity index is 1.31. The number of allylic oxidation sites excluding steroid dienone is 5. The Morgan fingerprint density at radius 3 is 1.77 bits per heavy atom. The normalized spacial score (nSPS) is 17.8. The van der Waals surface area contributed by atoms with E-state index in [1.54, 1.807) is 0 Å². The van der Waals surface area contributed by atoms with Crippen LogP contribution in [0, 0.1) is 11.8 Å². The van der Waals surface area contributed by atoms with Crippen LogP contribution < -0.4 is 0 Å². The number of hydrogen-bond acceptors (Lipinski definition) is 0. The number of fused-ring (bicyclic) bond motifs is 3. The number of benzene rings is 6. The fourth-order valence-electron chi connectivity index (χ4n) is 7.43. The lowest BCUT2D eigenvalue weighted by Gasteiger charge is -2.23. The zero-order valence-corrected chi connectivity index (χ0v) is 25.4. The predicted molar refractivity (Wildman–Crippen MR) is 190 cm³/mol. The van der Waals surface area contributed by atoms with Gasteiger partial charge in [-0.25, -0.2) is 0 Å². The van der Waals surface area contributed by atoms with Crippen LogP contribution in [0.4, 0.5) is 0 Å². The van der Waals surface area contributed by atoms with Gasteiger partial charge in [-0.2, -0.15) is 0 Å². The van der Waals surface area contributed by atoms with Gasteiger partial charge in [0.05, 0.1) is 0 Å². The average Bonchev–Trinajstić information content (AvgIpc) is 3.07. The van der Waals surface area contributed by atoms with E-state index in [9.17, 15) is 0 Å². The minimum absolute atomic E-state index is 0.527. The van der Waals surface area contributed by atoms with E-state index in [-0.39, 0.29) is 0 Å². The Bertz CT molecular complexity index is 2060. The molecule has 2 unspecified atom stereocenters. The van der Waals surface area contributed by atoms with Crippen molar-refractivity contribution in [2.24, 2.45) is 11.8 Å². The molecule has 0 N–H and O–H groups in total. The van der Waals surface area contributed by atoms with Crippen LogP contribution in [0.5, 0.6) is 0 Å². The Morgan fingerprint density at radius 2 is 1.09 bits per heavy atom. The van der Waals surface area contributed by atoms with Crippen molar-refractivity contribution >= 4 is 38.8 Å². The molecule has 0 nitrogen and oxygen atoms in total. The van der Waals surface area contributed by atoms with Crippen LogP contribution in [-0.2, 0) is 6.42 Å². The fraction of sp³-hybridized carbons (Fsp3) is 0.136. The maximum absolute atomic E-state index is 2.45. The van der Waals surface area contributed by atoms with Gasteiger partial charge in [0.1, 0.15) is 0 Å². The Labute approximate surface area is 260 Å². The fourth-order valence-corrected chi connectivity index (χ4v) is 7.43. The van der Waals surface area contributed by atoms with E-state index in [1.165, 1.54) is 77.2 Å². The third-order valence-electron chi connectivity index (χ3n) is 9.54. The summed E-state index contributed by atoms with van der Waals surface area (Å²) in [6.45, 7) is 4.62. The molecule has 0 saturated carbocycles. The Kier molecular flexibility index (Phi) is 6.64. The number of hydrogen-bond donors (Lipinski definition) is 0. The average molecular weight is 565 g/mol. The summed E-state index contributed by atoms with van der Waals surface area (Å²) in [7, 11) is 0. The minimum Gasteiger partial charge on any atom is -0.0807 e. The van der Waals surface area contributed by atoms with Crippen LogP contribution in [0.2, 0.25) is 0 Å². The molecule has 0 saturated heterocycles. The first kappa shape index (κ1) is 26.7. The molecule has 0 radical (unpaired) electrons. The van der Waals surface area contributed by atoms with Gasteiger partial charge in [0.25, 0.3) is 0 Å². The van der Waals surface area contributed by atoms with Crippen LogP contribution >= 0.6 is 0 Å². The molecule has 6 aromatic carbocycles. The maximum atomic E-state index is 2.45. The molecule has 0 heterocycles. The van der Waals surface area contributed by atoms with Crippen LogP contribution in [0.25, 0.3) is 61.0 Å². The van der Waals surface area contributed by atoms with Crippen molar-refractivity contribution in [1.29, 1.82) is 0 Å². The molecule has 2 aliphatic rings. The highest BCUT2D eigenvalue weighted by atomic mass is 14.2. The molecule has 0 spiro atoms. The molecule has 6 aromatic rings. The Hall–Kier alpha value is -4.94. The topological polar surface area (TPSA) is 0 Å². The van der Waals surface area contributed by atoms with E-state index in [0.29, 0.717) is 11.8 Å². The summed E-state index contributed by atoms with van der Waals surface area (Å²) in [6.07, 6.45) is 11.8. The van der Waals surface area contributed by atoms with Crippen molar-refractivity contribution in [1.82, 2.24) is 0 Å². The van der Waals surface area contributed by atoms with Gasteiger partial charge >= 0.3 is 0 Å². The predicted octanol–water partition coefficient (Wildman–Crippen LogP) is 12.0. The van der Waals surface area contributed by atoms with Gasteiger partial charge < -0.3 is 0 Å². The Morgan fingerprint density at radius 1 is 0.500 bits per heavy atom. The maximum Gasteiger partial charge on any atom is -0.00203 e. The highest BCUT2D eigenvalue weighted by molar-refractivity contribution is 6.22. The molecule has 0 amide bonds. The first-order valence-corrected chi connectivity index (χ1v) is 16.0. The lowest BCUT2D eigenvalue weighted by atomic mass is 9.81. The summed E-state index contributed by atoms with van der Waals surface area (Å²) >= 11 is 0. The summed E-state index contributed by atoms with van der Waals surface area (Å²) in [5, 5.41) is 5.22. The summed E-state index contributed by atoms with van der Waals surface area (Å²) in [5.74, 6) is 1.10. The van der Waals surface area contributed by atoms with Crippen molar-refractivity contribution < 1.29 is 0 Å². The van der Waals surface area contributed by atoms with E-state index in [0.717, 1.165) is 12.8 Å². The highest BCUT2D eigenvalue weighted by Crippen LogP contribution is 2.46. The summed E-state index contributed by atoms with van der Waals surface area (Å²) < 4.78 is 0. The lowest BCUT2D eigenvalue weighted by Crippen LogP contribution is -2.04. The number of rotatable bonds is 4. The zero-order chi connectivity index (χ0) is 29.6. The molecule has 0 aromatic heterocycles. The molecular weight excluding hydrogens is 528 g/mol. The first-order valence-electron chi connectivity index (χ1n) is 16.0. The van der Waals surface area contributed by atoms with Gasteiger partial charge in [-0.1, -0.05) is 159 Å². The van der Waals surface area contributed by atoms with Crippen molar-refractivity contribution in [2.75, 3.05) is 0 Å². The van der Waals surface area contributed by atoms with Crippen molar-refractivity contribution in [3.63, 3.8) is 0 Å². The molecule has 0 heteroatoms. The monoisotopic (exact) mass is 564 g/mol. The summed E-state index contributed by atoms with van der Waals surface area (Å²) in [6, 6.07) is 45.0. The first-order chi connectivity index (χ1) is 21.7. The van der Waals surface area contributed by atoms with E-state index >= 15 is 0 Å². The van der Waals surface area contributed by atoms with Gasteiger partial charge in [-0.15, -0.1) is 0 Å². The molecule has 0 aliphatic heterocycles. The van der Waals surface area contributed by atoms with Gasteiger partial charge in [-0.3, -0.25) is 0 Å². The van der Waals surface area contributed by atoms with E-state index in [1.807, 2.05) is 0 Å². The third kappa shape index (κ3) is 4.54. The largest absolute Gasteiger partial charge is 0.0807 e. The van der Waals surface area contributed by atoms with Gasteiger partial charge in [0, 0.05) is 0 Å². The van der Waals surface area contributed by atoms with Gasteiger partial charge in [0.2, 0.25) is 0 Å². The second-order valence-corrected chi connectivity index (χ2v) is 12.6. The molecule has 212 valence electrons. The lowest BCUT2D eigenvalue weighted by molar-refractivity contribution is 0.717. The van der Waals surface area contributed by atoms with Gasteiger partial charge in [0.15, 0.2) is 0 Å². The van der Waals surface area contributed by atoms with Crippen LogP contribution in [0.1, 0.15) is 42.5 Å².